The van der Waals surface area contributed by atoms with Crippen molar-refractivity contribution in [3.8, 4) is 0 Å². The molecule has 5 heteroatoms. The Morgan fingerprint density at radius 1 is 1.48 bits per heavy atom. The number of nitrogen functional groups attached to an aromatic ring is 1. The maximum absolute atomic E-state index is 13.9. The van der Waals surface area contributed by atoms with E-state index in [1.807, 2.05) is 4.90 Å². The Balaban J connectivity index is 1.93. The van der Waals surface area contributed by atoms with Gasteiger partial charge in [-0.1, -0.05) is 19.9 Å². The molecule has 0 spiro atoms. The normalized spacial score (nSPS) is 18.9. The van der Waals surface area contributed by atoms with Crippen LogP contribution in [0.25, 0.3) is 10.1 Å². The zero-order valence-electron chi connectivity index (χ0n) is 12.2. The molecule has 112 valence electrons. The fourth-order valence-electron chi connectivity index (χ4n) is 2.95. The number of fused-ring (bicyclic) bond motifs is 1. The predicted molar refractivity (Wildman–Crippen MR) is 85.0 cm³/mol. The van der Waals surface area contributed by atoms with Crippen molar-refractivity contribution in [3.05, 3.63) is 28.9 Å². The van der Waals surface area contributed by atoms with Crippen LogP contribution in [0.15, 0.2) is 18.2 Å². The number of nitrogens with two attached hydrogens (primary N) is 1. The number of hydrogen-bond donors (Lipinski definition) is 1. The van der Waals surface area contributed by atoms with Gasteiger partial charge in [-0.15, -0.1) is 11.3 Å². The first-order chi connectivity index (χ1) is 9.99. The second kappa shape index (κ2) is 5.30. The third kappa shape index (κ3) is 2.39. The molecule has 1 amide bonds. The molecule has 0 saturated carbocycles. The molecule has 0 radical (unpaired) electrons. The van der Waals surface area contributed by atoms with Gasteiger partial charge in [-0.3, -0.25) is 4.79 Å². The second-order valence-corrected chi connectivity index (χ2v) is 7.05. The summed E-state index contributed by atoms with van der Waals surface area (Å²) in [7, 11) is 0. The SMILES string of the molecule is CC(C)C1CCN(C(=O)c2sc3cccc(F)c3c2N)C1. The molecule has 1 saturated heterocycles. The number of likely N-dealkylation sites (tertiary alicyclic amines) is 1. The Bertz CT molecular complexity index is 695. The third-order valence-corrected chi connectivity index (χ3v) is 5.51. The molecule has 1 aromatic heterocycles. The third-order valence-electron chi connectivity index (χ3n) is 4.35. The number of rotatable bonds is 2. The molecule has 0 bridgehead atoms. The van der Waals surface area contributed by atoms with Crippen LogP contribution in [0.3, 0.4) is 0 Å². The lowest BCUT2D eigenvalue weighted by molar-refractivity contribution is 0.0790. The van der Waals surface area contributed by atoms with Crippen molar-refractivity contribution >= 4 is 33.0 Å². The molecule has 2 aromatic rings. The minimum atomic E-state index is -0.359. The largest absolute Gasteiger partial charge is 0.397 e. The summed E-state index contributed by atoms with van der Waals surface area (Å²) in [5.74, 6) is 0.694. The van der Waals surface area contributed by atoms with Crippen molar-refractivity contribution in [2.24, 2.45) is 11.8 Å². The number of nitrogens with zero attached hydrogens (tertiary/aromatic N) is 1. The van der Waals surface area contributed by atoms with Gasteiger partial charge in [0.2, 0.25) is 0 Å². The number of benzene rings is 1. The molecule has 21 heavy (non-hydrogen) atoms. The summed E-state index contributed by atoms with van der Waals surface area (Å²) in [4.78, 5) is 15.0. The summed E-state index contributed by atoms with van der Waals surface area (Å²) in [5, 5.41) is 0.380. The molecule has 2 N–H and O–H groups in total. The number of thiophene rings is 1. The molecule has 0 aliphatic carbocycles. The highest BCUT2D eigenvalue weighted by Gasteiger charge is 2.31. The first-order valence-electron chi connectivity index (χ1n) is 7.24. The van der Waals surface area contributed by atoms with Gasteiger partial charge in [0.05, 0.1) is 11.1 Å². The standard InChI is InChI=1S/C16H19FN2OS/c1-9(2)10-6-7-19(8-10)16(20)15-14(18)13-11(17)4-3-5-12(13)21-15/h3-5,9-10H,6-8,18H2,1-2H3. The van der Waals surface area contributed by atoms with Crippen molar-refractivity contribution in [2.45, 2.75) is 20.3 Å². The second-order valence-electron chi connectivity index (χ2n) is 6.00. The van der Waals surface area contributed by atoms with E-state index in [2.05, 4.69) is 13.8 Å². The maximum Gasteiger partial charge on any atom is 0.266 e. The van der Waals surface area contributed by atoms with E-state index in [9.17, 15) is 9.18 Å². The summed E-state index contributed by atoms with van der Waals surface area (Å²) in [6.07, 6.45) is 1.03. The number of hydrogen-bond acceptors (Lipinski definition) is 3. The van der Waals surface area contributed by atoms with Crippen LogP contribution >= 0.6 is 11.3 Å². The van der Waals surface area contributed by atoms with Crippen LogP contribution in [0.2, 0.25) is 0 Å². The van der Waals surface area contributed by atoms with Gasteiger partial charge in [-0.25, -0.2) is 4.39 Å². The summed E-state index contributed by atoms with van der Waals surface area (Å²) < 4.78 is 14.6. The average Bonchev–Trinajstić information content (AvgIpc) is 3.04. The smallest absolute Gasteiger partial charge is 0.266 e. The number of halogens is 1. The van der Waals surface area contributed by atoms with Gasteiger partial charge in [-0.2, -0.15) is 0 Å². The Morgan fingerprint density at radius 3 is 2.86 bits per heavy atom. The Labute approximate surface area is 127 Å². The lowest BCUT2D eigenvalue weighted by atomic mass is 9.95. The molecule has 1 fully saturated rings. The Kier molecular flexibility index (Phi) is 3.61. The molecular formula is C16H19FN2OS. The highest BCUT2D eigenvalue weighted by Crippen LogP contribution is 2.37. The average molecular weight is 306 g/mol. The van der Waals surface area contributed by atoms with E-state index in [1.54, 1.807) is 12.1 Å². The Hall–Kier alpha value is -1.62. The van der Waals surface area contributed by atoms with Crippen molar-refractivity contribution < 1.29 is 9.18 Å². The van der Waals surface area contributed by atoms with Crippen LogP contribution in [0, 0.1) is 17.7 Å². The van der Waals surface area contributed by atoms with Crippen molar-refractivity contribution in [3.63, 3.8) is 0 Å². The molecular weight excluding hydrogens is 287 g/mol. The van der Waals surface area contributed by atoms with Crippen molar-refractivity contribution in [1.29, 1.82) is 0 Å². The molecule has 1 aliphatic heterocycles. The zero-order chi connectivity index (χ0) is 15.1. The predicted octanol–water partition coefficient (Wildman–Crippen LogP) is 3.74. The summed E-state index contributed by atoms with van der Waals surface area (Å²) in [5.41, 5.74) is 6.31. The van der Waals surface area contributed by atoms with E-state index < -0.39 is 0 Å². The van der Waals surface area contributed by atoms with Crippen molar-refractivity contribution in [1.82, 2.24) is 4.90 Å². The fourth-order valence-corrected chi connectivity index (χ4v) is 4.05. The topological polar surface area (TPSA) is 46.3 Å². The number of amides is 1. The molecule has 1 atom stereocenters. The van der Waals surface area contributed by atoms with Gasteiger partial charge in [0.15, 0.2) is 0 Å². The van der Waals surface area contributed by atoms with Crippen LogP contribution < -0.4 is 5.73 Å². The van der Waals surface area contributed by atoms with Crippen molar-refractivity contribution in [2.75, 3.05) is 18.8 Å². The minimum Gasteiger partial charge on any atom is -0.397 e. The molecule has 3 nitrogen and oxygen atoms in total. The molecule has 1 unspecified atom stereocenters. The monoisotopic (exact) mass is 306 g/mol. The summed E-state index contributed by atoms with van der Waals surface area (Å²) in [6, 6.07) is 4.83. The number of carbonyl (C=O) groups excluding carboxylic acids is 1. The maximum atomic E-state index is 13.9. The van der Waals surface area contributed by atoms with Crippen LogP contribution in [-0.4, -0.2) is 23.9 Å². The zero-order valence-corrected chi connectivity index (χ0v) is 13.0. The Morgan fingerprint density at radius 2 is 2.24 bits per heavy atom. The van der Waals surface area contributed by atoms with Gasteiger partial charge in [-0.05, 0) is 30.4 Å². The van der Waals surface area contributed by atoms with E-state index in [4.69, 9.17) is 5.73 Å². The highest BCUT2D eigenvalue weighted by molar-refractivity contribution is 7.21. The molecule has 1 aromatic carbocycles. The lowest BCUT2D eigenvalue weighted by Gasteiger charge is -2.17. The van der Waals surface area contributed by atoms with Crippen LogP contribution in [0.5, 0.6) is 0 Å². The van der Waals surface area contributed by atoms with Crippen LogP contribution in [0.1, 0.15) is 29.9 Å². The number of anilines is 1. The molecule has 2 heterocycles. The quantitative estimate of drug-likeness (QED) is 0.918. The van der Waals surface area contributed by atoms with Crippen LogP contribution in [0.4, 0.5) is 10.1 Å². The first kappa shape index (κ1) is 14.3. The van der Waals surface area contributed by atoms with Gasteiger partial charge < -0.3 is 10.6 Å². The van der Waals surface area contributed by atoms with E-state index in [0.717, 1.165) is 24.2 Å². The molecule has 1 aliphatic rings. The van der Waals surface area contributed by atoms with Gasteiger partial charge in [0.1, 0.15) is 10.7 Å². The number of carbonyl (C=O) groups is 1. The highest BCUT2D eigenvalue weighted by atomic mass is 32.1. The van der Waals surface area contributed by atoms with Gasteiger partial charge in [0.25, 0.3) is 5.91 Å². The lowest BCUT2D eigenvalue weighted by Crippen LogP contribution is -2.29. The molecule has 3 rings (SSSR count). The van der Waals surface area contributed by atoms with E-state index in [-0.39, 0.29) is 17.4 Å². The van der Waals surface area contributed by atoms with Gasteiger partial charge >= 0.3 is 0 Å². The van der Waals surface area contributed by atoms with Gasteiger partial charge in [0, 0.05) is 17.8 Å². The van der Waals surface area contributed by atoms with E-state index >= 15 is 0 Å². The fraction of sp³-hybridized carbons (Fsp3) is 0.438. The van der Waals surface area contributed by atoms with E-state index in [0.29, 0.717) is 22.1 Å². The summed E-state index contributed by atoms with van der Waals surface area (Å²) in [6.45, 7) is 5.90. The van der Waals surface area contributed by atoms with E-state index in [1.165, 1.54) is 17.4 Å². The summed E-state index contributed by atoms with van der Waals surface area (Å²) >= 11 is 1.29. The minimum absolute atomic E-state index is 0.0590. The van der Waals surface area contributed by atoms with Crippen LogP contribution in [-0.2, 0) is 0 Å². The first-order valence-corrected chi connectivity index (χ1v) is 8.06.